The smallest absolute Gasteiger partial charge is 0.0669 e. The van der Waals surface area contributed by atoms with Gasteiger partial charge in [-0.3, -0.25) is 0 Å². The zero-order valence-corrected chi connectivity index (χ0v) is 6.14. The molecule has 10 heavy (non-hydrogen) atoms. The van der Waals surface area contributed by atoms with E-state index in [1.54, 1.807) is 7.11 Å². The van der Waals surface area contributed by atoms with Gasteiger partial charge in [-0.25, -0.2) is 0 Å². The van der Waals surface area contributed by atoms with E-state index in [4.69, 9.17) is 4.74 Å². The Labute approximate surface area is 66.2 Å². The van der Waals surface area contributed by atoms with Crippen molar-refractivity contribution < 1.29 is 4.74 Å². The van der Waals surface area contributed by atoms with E-state index in [9.17, 15) is 0 Å². The Bertz CT molecular complexity index is 55.2. The average molecular weight is 149 g/mol. The van der Waals surface area contributed by atoms with Crippen LogP contribution in [0.25, 0.3) is 0 Å². The first kappa shape index (κ1) is 16.5. The van der Waals surface area contributed by atoms with E-state index in [1.807, 2.05) is 14.1 Å². The standard InChI is InChI=1S/C6H15NO.2CH4/c1-6(8-4)5-7(2)3;;/h6H,5H2,1-4H3;2*1H4. The van der Waals surface area contributed by atoms with Gasteiger partial charge in [-0.1, -0.05) is 14.9 Å². The Morgan fingerprint density at radius 1 is 1.30 bits per heavy atom. The first-order chi connectivity index (χ1) is 3.66. The lowest BCUT2D eigenvalue weighted by Gasteiger charge is -2.14. The molecule has 0 heterocycles. The quantitative estimate of drug-likeness (QED) is 0.607. The summed E-state index contributed by atoms with van der Waals surface area (Å²) in [6.45, 7) is 3.05. The Balaban J connectivity index is -0.000000245. The van der Waals surface area contributed by atoms with Gasteiger partial charge in [-0.15, -0.1) is 0 Å². The van der Waals surface area contributed by atoms with Crippen molar-refractivity contribution in [3.05, 3.63) is 0 Å². The van der Waals surface area contributed by atoms with E-state index >= 15 is 0 Å². The van der Waals surface area contributed by atoms with Crippen LogP contribution in [0.5, 0.6) is 0 Å². The second-order valence-corrected chi connectivity index (χ2v) is 2.31. The predicted molar refractivity (Wildman–Crippen MR) is 48.5 cm³/mol. The van der Waals surface area contributed by atoms with Crippen molar-refractivity contribution in [2.24, 2.45) is 0 Å². The van der Waals surface area contributed by atoms with Crippen LogP contribution >= 0.6 is 0 Å². The van der Waals surface area contributed by atoms with Crippen molar-refractivity contribution in [1.29, 1.82) is 0 Å². The fourth-order valence-electron chi connectivity index (χ4n) is 0.589. The van der Waals surface area contributed by atoms with Crippen LogP contribution in [0.4, 0.5) is 0 Å². The van der Waals surface area contributed by atoms with E-state index in [0.717, 1.165) is 6.54 Å². The van der Waals surface area contributed by atoms with Crippen molar-refractivity contribution in [2.45, 2.75) is 27.9 Å². The first-order valence-corrected chi connectivity index (χ1v) is 2.84. The van der Waals surface area contributed by atoms with E-state index in [2.05, 4.69) is 11.8 Å². The third-order valence-electron chi connectivity index (χ3n) is 1.02. The number of rotatable bonds is 3. The van der Waals surface area contributed by atoms with Gasteiger partial charge in [-0.2, -0.15) is 0 Å². The zero-order valence-electron chi connectivity index (χ0n) is 6.14. The van der Waals surface area contributed by atoms with Gasteiger partial charge in [0.1, 0.15) is 0 Å². The molecule has 0 amide bonds. The molecule has 66 valence electrons. The van der Waals surface area contributed by atoms with Crippen molar-refractivity contribution in [1.82, 2.24) is 4.90 Å². The third-order valence-corrected chi connectivity index (χ3v) is 1.02. The lowest BCUT2D eigenvalue weighted by molar-refractivity contribution is 0.0929. The van der Waals surface area contributed by atoms with Gasteiger partial charge in [0.15, 0.2) is 0 Å². The largest absolute Gasteiger partial charge is 0.380 e. The zero-order chi connectivity index (χ0) is 6.57. The molecule has 0 aromatic heterocycles. The maximum absolute atomic E-state index is 5.02. The SMILES string of the molecule is C.C.COC(C)CN(C)C. The molecule has 0 aliphatic heterocycles. The fourth-order valence-corrected chi connectivity index (χ4v) is 0.589. The van der Waals surface area contributed by atoms with Crippen LogP contribution in [0.2, 0.25) is 0 Å². The van der Waals surface area contributed by atoms with Gasteiger partial charge in [0.25, 0.3) is 0 Å². The van der Waals surface area contributed by atoms with Gasteiger partial charge in [0.2, 0.25) is 0 Å². The minimum atomic E-state index is 0. The molecule has 0 aliphatic rings. The summed E-state index contributed by atoms with van der Waals surface area (Å²) in [4.78, 5) is 2.11. The normalized spacial score (nSPS) is 11.7. The summed E-state index contributed by atoms with van der Waals surface area (Å²) in [5, 5.41) is 0. The molecule has 0 rings (SSSR count). The highest BCUT2D eigenvalue weighted by atomic mass is 16.5. The van der Waals surface area contributed by atoms with Crippen molar-refractivity contribution in [3.63, 3.8) is 0 Å². The molecule has 1 atom stereocenters. The molecule has 1 unspecified atom stereocenters. The number of likely N-dealkylation sites (N-methyl/N-ethyl adjacent to an activating group) is 1. The third kappa shape index (κ3) is 10.8. The molecule has 2 nitrogen and oxygen atoms in total. The molecule has 0 saturated heterocycles. The van der Waals surface area contributed by atoms with E-state index in [0.29, 0.717) is 6.10 Å². The van der Waals surface area contributed by atoms with Crippen molar-refractivity contribution in [3.8, 4) is 0 Å². The fraction of sp³-hybridized carbons (Fsp3) is 1.00. The van der Waals surface area contributed by atoms with Crippen LogP contribution in [-0.2, 0) is 4.74 Å². The number of methoxy groups -OCH3 is 1. The molecule has 0 spiro atoms. The number of ether oxygens (including phenoxy) is 1. The Hall–Kier alpha value is -0.0800. The lowest BCUT2D eigenvalue weighted by atomic mass is 10.4. The molecule has 0 radical (unpaired) electrons. The highest BCUT2D eigenvalue weighted by Gasteiger charge is 1.98. The number of nitrogens with zero attached hydrogens (tertiary/aromatic N) is 1. The maximum Gasteiger partial charge on any atom is 0.0669 e. The number of hydrogen-bond acceptors (Lipinski definition) is 2. The van der Waals surface area contributed by atoms with Crippen LogP contribution in [0, 0.1) is 0 Å². The average Bonchev–Trinajstić information content (AvgIpc) is 1.65. The van der Waals surface area contributed by atoms with E-state index in [1.165, 1.54) is 0 Å². The van der Waals surface area contributed by atoms with Crippen LogP contribution in [0.15, 0.2) is 0 Å². The van der Waals surface area contributed by atoms with Crippen LogP contribution in [0.1, 0.15) is 21.8 Å². The Kier molecular flexibility index (Phi) is 14.7. The Morgan fingerprint density at radius 2 is 1.70 bits per heavy atom. The molecule has 0 aromatic carbocycles. The minimum absolute atomic E-state index is 0. The molecule has 0 saturated carbocycles. The van der Waals surface area contributed by atoms with E-state index in [-0.39, 0.29) is 14.9 Å². The second kappa shape index (κ2) is 8.92. The summed E-state index contributed by atoms with van der Waals surface area (Å²) in [6, 6.07) is 0. The van der Waals surface area contributed by atoms with Crippen LogP contribution in [-0.4, -0.2) is 38.8 Å². The summed E-state index contributed by atoms with van der Waals surface area (Å²) >= 11 is 0. The number of hydrogen-bond donors (Lipinski definition) is 0. The summed E-state index contributed by atoms with van der Waals surface area (Å²) in [5.74, 6) is 0. The summed E-state index contributed by atoms with van der Waals surface area (Å²) in [6.07, 6.45) is 0.352. The van der Waals surface area contributed by atoms with Gasteiger partial charge < -0.3 is 9.64 Å². The maximum atomic E-state index is 5.02. The van der Waals surface area contributed by atoms with Gasteiger partial charge in [-0.05, 0) is 21.0 Å². The highest BCUT2D eigenvalue weighted by Crippen LogP contribution is 1.87. The summed E-state index contributed by atoms with van der Waals surface area (Å²) in [7, 11) is 5.80. The highest BCUT2D eigenvalue weighted by molar-refractivity contribution is 4.50. The predicted octanol–water partition coefficient (Wildman–Crippen LogP) is 1.86. The van der Waals surface area contributed by atoms with Crippen LogP contribution < -0.4 is 0 Å². The summed E-state index contributed by atoms with van der Waals surface area (Å²) < 4.78 is 5.02. The Morgan fingerprint density at radius 3 is 1.80 bits per heavy atom. The molecular formula is C8H23NO. The van der Waals surface area contributed by atoms with Gasteiger partial charge >= 0.3 is 0 Å². The van der Waals surface area contributed by atoms with Gasteiger partial charge in [0, 0.05) is 13.7 Å². The molecular weight excluding hydrogens is 126 g/mol. The van der Waals surface area contributed by atoms with E-state index < -0.39 is 0 Å². The molecule has 0 fully saturated rings. The first-order valence-electron chi connectivity index (χ1n) is 2.84. The van der Waals surface area contributed by atoms with Gasteiger partial charge in [0.05, 0.1) is 6.10 Å². The monoisotopic (exact) mass is 149 g/mol. The topological polar surface area (TPSA) is 12.5 Å². The van der Waals surface area contributed by atoms with Crippen LogP contribution in [0.3, 0.4) is 0 Å². The van der Waals surface area contributed by atoms with Crippen molar-refractivity contribution in [2.75, 3.05) is 27.7 Å². The minimum Gasteiger partial charge on any atom is -0.380 e. The molecule has 2 heteroatoms. The summed E-state index contributed by atoms with van der Waals surface area (Å²) in [5.41, 5.74) is 0. The molecule has 0 bridgehead atoms. The lowest BCUT2D eigenvalue weighted by Crippen LogP contribution is -2.24. The molecule has 0 aliphatic carbocycles. The van der Waals surface area contributed by atoms with Crippen molar-refractivity contribution >= 4 is 0 Å². The second-order valence-electron chi connectivity index (χ2n) is 2.31. The molecule has 0 N–H and O–H groups in total. The molecule has 0 aromatic rings.